The number of pyridine rings is 1. The summed E-state index contributed by atoms with van der Waals surface area (Å²) >= 11 is 3.56. The number of rotatable bonds is 5. The fraction of sp³-hybridized carbons (Fsp3) is 0.312. The largest absolute Gasteiger partial charge is 0.454 e. The van der Waals surface area contributed by atoms with Gasteiger partial charge in [0.05, 0.1) is 10.2 Å². The molecular weight excluding hydrogens is 316 g/mol. The molecule has 0 aliphatic rings. The van der Waals surface area contributed by atoms with Crippen molar-refractivity contribution in [1.82, 2.24) is 10.3 Å². The van der Waals surface area contributed by atoms with E-state index in [1.54, 1.807) is 6.20 Å². The molecule has 0 bridgehead atoms. The highest BCUT2D eigenvalue weighted by atomic mass is 79.9. The van der Waals surface area contributed by atoms with Crippen LogP contribution in [0.4, 0.5) is 0 Å². The van der Waals surface area contributed by atoms with Gasteiger partial charge in [0.15, 0.2) is 0 Å². The maximum Gasteiger partial charge on any atom is 0.148 e. The summed E-state index contributed by atoms with van der Waals surface area (Å²) in [5.74, 6) is 1.58. The number of ether oxygens (including phenoxy) is 1. The van der Waals surface area contributed by atoms with Crippen LogP contribution in [0.15, 0.2) is 41.0 Å². The molecule has 0 fully saturated rings. The zero-order valence-electron chi connectivity index (χ0n) is 12.0. The van der Waals surface area contributed by atoms with E-state index in [0.29, 0.717) is 6.04 Å². The van der Waals surface area contributed by atoms with Crippen molar-refractivity contribution in [3.63, 3.8) is 0 Å². The van der Waals surface area contributed by atoms with Crippen molar-refractivity contribution >= 4 is 15.9 Å². The van der Waals surface area contributed by atoms with Crippen LogP contribution in [0.25, 0.3) is 0 Å². The molecule has 0 spiro atoms. The summed E-state index contributed by atoms with van der Waals surface area (Å²) in [6, 6.07) is 10.4. The third-order valence-corrected chi connectivity index (χ3v) is 3.51. The fourth-order valence-corrected chi connectivity index (χ4v) is 2.26. The molecule has 1 aromatic carbocycles. The number of nitrogens with zero attached hydrogens (tertiary/aromatic N) is 1. The maximum absolute atomic E-state index is 5.89. The van der Waals surface area contributed by atoms with E-state index in [0.717, 1.165) is 28.2 Å². The lowest BCUT2D eigenvalue weighted by Crippen LogP contribution is -2.21. The van der Waals surface area contributed by atoms with Gasteiger partial charge >= 0.3 is 0 Å². The van der Waals surface area contributed by atoms with Gasteiger partial charge in [0, 0.05) is 18.8 Å². The smallest absolute Gasteiger partial charge is 0.148 e. The predicted molar refractivity (Wildman–Crippen MR) is 85.2 cm³/mol. The van der Waals surface area contributed by atoms with Gasteiger partial charge in [0.1, 0.15) is 11.5 Å². The maximum atomic E-state index is 5.89. The Morgan fingerprint density at radius 1 is 1.25 bits per heavy atom. The van der Waals surface area contributed by atoms with Gasteiger partial charge in [0.2, 0.25) is 0 Å². The Bertz CT molecular complexity index is 584. The lowest BCUT2D eigenvalue weighted by atomic mass is 10.2. The second kappa shape index (κ2) is 6.86. The first-order chi connectivity index (χ1) is 9.56. The molecule has 0 aliphatic heterocycles. The van der Waals surface area contributed by atoms with Crippen LogP contribution in [0.1, 0.15) is 25.1 Å². The Morgan fingerprint density at radius 3 is 2.70 bits per heavy atom. The van der Waals surface area contributed by atoms with E-state index in [4.69, 9.17) is 4.74 Å². The fourth-order valence-electron chi connectivity index (χ4n) is 1.75. The number of hydrogen-bond donors (Lipinski definition) is 1. The number of aryl methyl sites for hydroxylation is 1. The van der Waals surface area contributed by atoms with Crippen LogP contribution in [-0.4, -0.2) is 11.0 Å². The summed E-state index contributed by atoms with van der Waals surface area (Å²) < 4.78 is 6.84. The van der Waals surface area contributed by atoms with Gasteiger partial charge in [-0.05, 0) is 52.7 Å². The van der Waals surface area contributed by atoms with Gasteiger partial charge in [-0.25, -0.2) is 0 Å². The van der Waals surface area contributed by atoms with Crippen molar-refractivity contribution in [2.45, 2.75) is 33.4 Å². The van der Waals surface area contributed by atoms with Crippen molar-refractivity contribution < 1.29 is 4.74 Å². The minimum atomic E-state index is 0.475. The van der Waals surface area contributed by atoms with Crippen molar-refractivity contribution in [1.29, 1.82) is 0 Å². The van der Waals surface area contributed by atoms with Gasteiger partial charge < -0.3 is 10.1 Å². The summed E-state index contributed by atoms with van der Waals surface area (Å²) in [4.78, 5) is 4.22. The molecule has 0 saturated heterocycles. The van der Waals surface area contributed by atoms with Gasteiger partial charge in [-0.1, -0.05) is 19.9 Å². The number of halogens is 1. The zero-order valence-corrected chi connectivity index (χ0v) is 13.6. The molecule has 0 unspecified atom stereocenters. The Balaban J connectivity index is 2.12. The summed E-state index contributed by atoms with van der Waals surface area (Å²) in [5.41, 5.74) is 2.10. The molecule has 3 nitrogen and oxygen atoms in total. The first-order valence-corrected chi connectivity index (χ1v) is 7.47. The van der Waals surface area contributed by atoms with E-state index < -0.39 is 0 Å². The lowest BCUT2D eigenvalue weighted by molar-refractivity contribution is 0.472. The number of nitrogens with one attached hydrogen (secondary N) is 1. The van der Waals surface area contributed by atoms with Crippen molar-refractivity contribution in [2.24, 2.45) is 0 Å². The average Bonchev–Trinajstić information content (AvgIpc) is 2.41. The minimum absolute atomic E-state index is 0.475. The van der Waals surface area contributed by atoms with Crippen LogP contribution in [0, 0.1) is 6.92 Å². The van der Waals surface area contributed by atoms with Gasteiger partial charge in [0.25, 0.3) is 0 Å². The Labute approximate surface area is 128 Å². The van der Waals surface area contributed by atoms with Crippen LogP contribution < -0.4 is 10.1 Å². The molecule has 0 atom stereocenters. The molecule has 4 heteroatoms. The molecule has 1 aromatic heterocycles. The molecule has 0 saturated carbocycles. The first-order valence-electron chi connectivity index (χ1n) is 6.67. The SMILES string of the molecule is Cc1ncccc1Oc1ccc(CNC(C)C)cc1Br. The molecular formula is C16H19BrN2O. The molecule has 0 radical (unpaired) electrons. The molecule has 0 aliphatic carbocycles. The van der Waals surface area contributed by atoms with Gasteiger partial charge in [-0.3, -0.25) is 4.98 Å². The topological polar surface area (TPSA) is 34.1 Å². The van der Waals surface area contributed by atoms with E-state index in [1.807, 2.05) is 25.1 Å². The molecule has 20 heavy (non-hydrogen) atoms. The highest BCUT2D eigenvalue weighted by Crippen LogP contribution is 2.31. The van der Waals surface area contributed by atoms with Gasteiger partial charge in [-0.2, -0.15) is 0 Å². The number of aromatic nitrogens is 1. The highest BCUT2D eigenvalue weighted by Gasteiger charge is 2.06. The Hall–Kier alpha value is -1.39. The summed E-state index contributed by atoms with van der Waals surface area (Å²) in [5, 5.41) is 3.40. The van der Waals surface area contributed by atoms with Crippen LogP contribution in [0.3, 0.4) is 0 Å². The Morgan fingerprint density at radius 2 is 2.05 bits per heavy atom. The van der Waals surface area contributed by atoms with Crippen molar-refractivity contribution in [3.8, 4) is 11.5 Å². The predicted octanol–water partition coefficient (Wildman–Crippen LogP) is 4.44. The number of hydrogen-bond acceptors (Lipinski definition) is 3. The quantitative estimate of drug-likeness (QED) is 0.877. The normalized spacial score (nSPS) is 10.8. The van der Waals surface area contributed by atoms with Crippen molar-refractivity contribution in [3.05, 3.63) is 52.3 Å². The monoisotopic (exact) mass is 334 g/mol. The second-order valence-corrected chi connectivity index (χ2v) is 5.84. The van der Waals surface area contributed by atoms with E-state index in [-0.39, 0.29) is 0 Å². The molecule has 2 rings (SSSR count). The zero-order chi connectivity index (χ0) is 14.5. The lowest BCUT2D eigenvalue weighted by Gasteiger charge is -2.12. The summed E-state index contributed by atoms with van der Waals surface area (Å²) in [6.45, 7) is 7.06. The van der Waals surface area contributed by atoms with Crippen LogP contribution in [0.2, 0.25) is 0 Å². The van der Waals surface area contributed by atoms with E-state index in [2.05, 4.69) is 52.2 Å². The average molecular weight is 335 g/mol. The molecule has 2 aromatic rings. The highest BCUT2D eigenvalue weighted by molar-refractivity contribution is 9.10. The third-order valence-electron chi connectivity index (χ3n) is 2.89. The van der Waals surface area contributed by atoms with Crippen LogP contribution in [-0.2, 0) is 6.54 Å². The molecule has 0 amide bonds. The van der Waals surface area contributed by atoms with Crippen LogP contribution >= 0.6 is 15.9 Å². The van der Waals surface area contributed by atoms with Crippen molar-refractivity contribution in [2.75, 3.05) is 0 Å². The third kappa shape index (κ3) is 4.05. The molecule has 1 N–H and O–H groups in total. The minimum Gasteiger partial charge on any atom is -0.454 e. The Kier molecular flexibility index (Phi) is 5.15. The van der Waals surface area contributed by atoms with E-state index in [9.17, 15) is 0 Å². The summed E-state index contributed by atoms with van der Waals surface area (Å²) in [7, 11) is 0. The summed E-state index contributed by atoms with van der Waals surface area (Å²) in [6.07, 6.45) is 1.76. The van der Waals surface area contributed by atoms with E-state index >= 15 is 0 Å². The number of benzene rings is 1. The first kappa shape index (κ1) is 15.0. The van der Waals surface area contributed by atoms with E-state index in [1.165, 1.54) is 5.56 Å². The standard InChI is InChI=1S/C16H19BrN2O/c1-11(2)19-10-13-6-7-16(14(17)9-13)20-15-5-4-8-18-12(15)3/h4-9,11,19H,10H2,1-3H3. The second-order valence-electron chi connectivity index (χ2n) is 4.99. The molecule has 106 valence electrons. The van der Waals surface area contributed by atoms with Gasteiger partial charge in [-0.15, -0.1) is 0 Å². The van der Waals surface area contributed by atoms with Crippen LogP contribution in [0.5, 0.6) is 11.5 Å². The molecule has 1 heterocycles.